The van der Waals surface area contributed by atoms with Crippen molar-refractivity contribution >= 4 is 5.97 Å². The van der Waals surface area contributed by atoms with Gasteiger partial charge in [0.2, 0.25) is 5.95 Å². The summed E-state index contributed by atoms with van der Waals surface area (Å²) in [6, 6.07) is 0. The zero-order chi connectivity index (χ0) is 14.1. The smallest absolute Gasteiger partial charge is 0.417 e. The maximum atomic E-state index is 12.9. The van der Waals surface area contributed by atoms with E-state index in [2.05, 4.69) is 4.98 Å². The van der Waals surface area contributed by atoms with Crippen LogP contribution in [-0.4, -0.2) is 16.1 Å². The molecule has 0 amide bonds. The lowest BCUT2D eigenvalue weighted by Gasteiger charge is -2.16. The highest BCUT2D eigenvalue weighted by Crippen LogP contribution is 2.39. The minimum Gasteiger partial charge on any atom is -0.481 e. The van der Waals surface area contributed by atoms with Gasteiger partial charge in [-0.2, -0.15) is 17.6 Å². The topological polar surface area (TPSA) is 50.2 Å². The van der Waals surface area contributed by atoms with Crippen LogP contribution in [0.25, 0.3) is 0 Å². The van der Waals surface area contributed by atoms with Gasteiger partial charge in [0.15, 0.2) is 0 Å². The number of hydrogen-bond acceptors (Lipinski definition) is 2. The van der Waals surface area contributed by atoms with Gasteiger partial charge < -0.3 is 5.11 Å². The average Bonchev–Trinajstić information content (AvgIpc) is 2.17. The summed E-state index contributed by atoms with van der Waals surface area (Å²) in [4.78, 5) is 13.1. The molecule has 1 aromatic heterocycles. The van der Waals surface area contributed by atoms with Crippen LogP contribution in [0.5, 0.6) is 0 Å². The van der Waals surface area contributed by atoms with Gasteiger partial charge in [0, 0.05) is 6.20 Å². The van der Waals surface area contributed by atoms with Crippen LogP contribution in [0.4, 0.5) is 26.3 Å². The summed E-state index contributed by atoms with van der Waals surface area (Å²) in [5, 5.41) is 8.38. The zero-order valence-corrected chi connectivity index (χ0v) is 8.43. The van der Waals surface area contributed by atoms with Crippen LogP contribution in [0.15, 0.2) is 6.20 Å². The summed E-state index contributed by atoms with van der Waals surface area (Å²) in [7, 11) is 0. The Morgan fingerprint density at radius 3 is 2.33 bits per heavy atom. The van der Waals surface area contributed by atoms with Crippen LogP contribution in [-0.2, 0) is 17.4 Å². The van der Waals surface area contributed by atoms with Crippen molar-refractivity contribution in [3.05, 3.63) is 28.8 Å². The van der Waals surface area contributed by atoms with Crippen molar-refractivity contribution in [1.82, 2.24) is 4.98 Å². The molecule has 0 aliphatic carbocycles. The van der Waals surface area contributed by atoms with Gasteiger partial charge in [-0.1, -0.05) is 0 Å². The van der Waals surface area contributed by atoms with Crippen molar-refractivity contribution in [2.75, 3.05) is 0 Å². The average molecular weight is 273 g/mol. The van der Waals surface area contributed by atoms with Crippen molar-refractivity contribution < 1.29 is 36.2 Å². The SMILES string of the molecule is O=C(O)Cc1cnc(F)c(C(F)F)c1C(F)(F)F. The van der Waals surface area contributed by atoms with Crippen LogP contribution >= 0.6 is 0 Å². The second-order valence-corrected chi connectivity index (χ2v) is 3.23. The Morgan fingerprint density at radius 2 is 1.94 bits per heavy atom. The lowest BCUT2D eigenvalue weighted by atomic mass is 10.0. The third kappa shape index (κ3) is 2.90. The molecule has 100 valence electrons. The Morgan fingerprint density at radius 1 is 1.39 bits per heavy atom. The van der Waals surface area contributed by atoms with E-state index in [0.717, 1.165) is 0 Å². The number of carbonyl (C=O) groups is 1. The summed E-state index contributed by atoms with van der Waals surface area (Å²) < 4.78 is 75.5. The second-order valence-electron chi connectivity index (χ2n) is 3.23. The van der Waals surface area contributed by atoms with Gasteiger partial charge in [0.05, 0.1) is 17.5 Å². The molecule has 1 heterocycles. The summed E-state index contributed by atoms with van der Waals surface area (Å²) in [6.07, 6.45) is -9.93. The van der Waals surface area contributed by atoms with Gasteiger partial charge >= 0.3 is 12.1 Å². The lowest BCUT2D eigenvalue weighted by molar-refractivity contribution is -0.141. The number of halogens is 6. The Bertz CT molecular complexity index is 471. The maximum Gasteiger partial charge on any atom is 0.417 e. The summed E-state index contributed by atoms with van der Waals surface area (Å²) >= 11 is 0. The minimum absolute atomic E-state index is 0.290. The second kappa shape index (κ2) is 4.83. The highest BCUT2D eigenvalue weighted by Gasteiger charge is 2.40. The Labute approximate surface area is 96.1 Å². The van der Waals surface area contributed by atoms with Gasteiger partial charge in [0.25, 0.3) is 6.43 Å². The van der Waals surface area contributed by atoms with E-state index in [0.29, 0.717) is 0 Å². The summed E-state index contributed by atoms with van der Waals surface area (Å²) in [6.45, 7) is 0. The molecule has 1 aromatic rings. The van der Waals surface area contributed by atoms with Crippen molar-refractivity contribution in [2.24, 2.45) is 0 Å². The molecule has 0 bridgehead atoms. The van der Waals surface area contributed by atoms with Crippen LogP contribution in [0.3, 0.4) is 0 Å². The molecule has 0 fully saturated rings. The number of alkyl halides is 5. The van der Waals surface area contributed by atoms with Crippen molar-refractivity contribution in [2.45, 2.75) is 19.0 Å². The molecule has 0 atom stereocenters. The van der Waals surface area contributed by atoms with Gasteiger partial charge in [-0.15, -0.1) is 0 Å². The fraction of sp³-hybridized carbons (Fsp3) is 0.333. The highest BCUT2D eigenvalue weighted by atomic mass is 19.4. The Hall–Kier alpha value is -1.80. The van der Waals surface area contributed by atoms with E-state index < -0.39 is 47.6 Å². The Kier molecular flexibility index (Phi) is 3.82. The number of hydrogen-bond donors (Lipinski definition) is 1. The normalized spacial score (nSPS) is 11.9. The zero-order valence-electron chi connectivity index (χ0n) is 8.43. The molecule has 18 heavy (non-hydrogen) atoms. The third-order valence-electron chi connectivity index (χ3n) is 1.99. The van der Waals surface area contributed by atoms with Gasteiger partial charge in [-0.05, 0) is 5.56 Å². The van der Waals surface area contributed by atoms with Crippen molar-refractivity contribution in [3.8, 4) is 0 Å². The first-order chi connectivity index (χ1) is 8.14. The molecule has 3 nitrogen and oxygen atoms in total. The molecule has 0 aliphatic heterocycles. The first-order valence-electron chi connectivity index (χ1n) is 4.39. The van der Waals surface area contributed by atoms with E-state index >= 15 is 0 Å². The largest absolute Gasteiger partial charge is 0.481 e. The standard InChI is InChI=1S/C9H5F6NO2/c10-7(11)5-6(9(13,14)15)3(1-4(17)18)2-16-8(5)12/h2,7H,1H2,(H,17,18). The first kappa shape index (κ1) is 14.3. The summed E-state index contributed by atoms with van der Waals surface area (Å²) in [5.74, 6) is -3.64. The van der Waals surface area contributed by atoms with E-state index in [4.69, 9.17) is 5.11 Å². The lowest BCUT2D eigenvalue weighted by Crippen LogP contribution is -2.18. The highest BCUT2D eigenvalue weighted by molar-refractivity contribution is 5.71. The van der Waals surface area contributed by atoms with Gasteiger partial charge in [-0.3, -0.25) is 4.79 Å². The van der Waals surface area contributed by atoms with E-state index in [1.54, 1.807) is 0 Å². The van der Waals surface area contributed by atoms with Gasteiger partial charge in [-0.25, -0.2) is 13.8 Å². The van der Waals surface area contributed by atoms with Gasteiger partial charge in [0.1, 0.15) is 0 Å². The first-order valence-corrected chi connectivity index (χ1v) is 4.39. The molecule has 0 aromatic carbocycles. The third-order valence-corrected chi connectivity index (χ3v) is 1.99. The van der Waals surface area contributed by atoms with Crippen molar-refractivity contribution in [3.63, 3.8) is 0 Å². The molecule has 1 N–H and O–H groups in total. The number of rotatable bonds is 3. The number of carboxylic acids is 1. The molecule has 9 heteroatoms. The monoisotopic (exact) mass is 273 g/mol. The molecule has 1 rings (SSSR count). The molecule has 0 saturated carbocycles. The summed E-state index contributed by atoms with van der Waals surface area (Å²) in [5.41, 5.74) is -4.92. The number of nitrogens with zero attached hydrogens (tertiary/aromatic N) is 1. The predicted octanol–water partition coefficient (Wildman–Crippen LogP) is 2.80. The van der Waals surface area contributed by atoms with E-state index in [1.807, 2.05) is 0 Å². The molecule has 0 saturated heterocycles. The number of pyridine rings is 1. The maximum absolute atomic E-state index is 12.9. The number of aliphatic carboxylic acids is 1. The molecule has 0 spiro atoms. The Balaban J connectivity index is 3.54. The van der Waals surface area contributed by atoms with Crippen LogP contribution in [0.1, 0.15) is 23.1 Å². The number of carboxylic acid groups (broad SMARTS) is 1. The van der Waals surface area contributed by atoms with Crippen LogP contribution in [0.2, 0.25) is 0 Å². The molecule has 0 radical (unpaired) electrons. The fourth-order valence-electron chi connectivity index (χ4n) is 1.38. The molecular weight excluding hydrogens is 268 g/mol. The van der Waals surface area contributed by atoms with Crippen LogP contribution in [0, 0.1) is 5.95 Å². The van der Waals surface area contributed by atoms with E-state index in [1.165, 1.54) is 0 Å². The predicted molar refractivity (Wildman–Crippen MR) is 45.5 cm³/mol. The van der Waals surface area contributed by atoms with E-state index in [-0.39, 0.29) is 6.20 Å². The van der Waals surface area contributed by atoms with Crippen molar-refractivity contribution in [1.29, 1.82) is 0 Å². The molecular formula is C9H5F6NO2. The van der Waals surface area contributed by atoms with Crippen LogP contribution < -0.4 is 0 Å². The molecule has 0 unspecified atom stereocenters. The van der Waals surface area contributed by atoms with E-state index in [9.17, 15) is 31.1 Å². The quantitative estimate of drug-likeness (QED) is 0.680. The molecule has 0 aliphatic rings. The fourth-order valence-corrected chi connectivity index (χ4v) is 1.38. The minimum atomic E-state index is -5.29. The number of aromatic nitrogens is 1.